The molecule has 0 aliphatic carbocycles. The fraction of sp³-hybridized carbons (Fsp3) is 0.316. The van der Waals surface area contributed by atoms with Crippen molar-refractivity contribution in [3.63, 3.8) is 0 Å². The van der Waals surface area contributed by atoms with E-state index in [0.717, 1.165) is 30.4 Å². The molecule has 2 aromatic rings. The first-order valence-corrected chi connectivity index (χ1v) is 8.25. The van der Waals surface area contributed by atoms with Gasteiger partial charge < -0.3 is 10.2 Å². The van der Waals surface area contributed by atoms with Gasteiger partial charge in [0, 0.05) is 24.0 Å². The fourth-order valence-electron chi connectivity index (χ4n) is 3.90. The van der Waals surface area contributed by atoms with Crippen LogP contribution in [0, 0.1) is 11.5 Å². The zero-order valence-corrected chi connectivity index (χ0v) is 13.2. The molecule has 1 amide bonds. The SMILES string of the molecule is N#CN1[C@H]2CC[C@@H]1[C@H](NC(=O)c1ccc(-c3cccnc3)cc1)C2. The maximum Gasteiger partial charge on any atom is 0.251 e. The highest BCUT2D eigenvalue weighted by Gasteiger charge is 2.46. The van der Waals surface area contributed by atoms with Crippen LogP contribution in [-0.2, 0) is 0 Å². The number of hydrogen-bond acceptors (Lipinski definition) is 4. The van der Waals surface area contributed by atoms with Gasteiger partial charge in [-0.25, -0.2) is 0 Å². The summed E-state index contributed by atoms with van der Waals surface area (Å²) >= 11 is 0. The number of hydrogen-bond donors (Lipinski definition) is 1. The minimum absolute atomic E-state index is 0.0665. The Morgan fingerprint density at radius 1 is 1.21 bits per heavy atom. The van der Waals surface area contributed by atoms with Gasteiger partial charge in [0.1, 0.15) is 0 Å². The molecule has 5 heteroatoms. The predicted octanol–water partition coefficient (Wildman–Crippen LogP) is 2.56. The van der Waals surface area contributed by atoms with Gasteiger partial charge in [0.2, 0.25) is 0 Å². The Morgan fingerprint density at radius 2 is 2.04 bits per heavy atom. The normalized spacial score (nSPS) is 24.6. The van der Waals surface area contributed by atoms with E-state index in [0.29, 0.717) is 11.6 Å². The second-order valence-electron chi connectivity index (χ2n) is 6.44. The summed E-state index contributed by atoms with van der Waals surface area (Å²) in [5.74, 6) is -0.0665. The van der Waals surface area contributed by atoms with Crippen molar-refractivity contribution in [2.45, 2.75) is 37.4 Å². The van der Waals surface area contributed by atoms with E-state index in [2.05, 4.69) is 16.5 Å². The Hall–Kier alpha value is -2.87. The van der Waals surface area contributed by atoms with Crippen LogP contribution in [0.5, 0.6) is 0 Å². The molecule has 4 rings (SSSR count). The van der Waals surface area contributed by atoms with E-state index in [9.17, 15) is 10.1 Å². The van der Waals surface area contributed by atoms with Crippen molar-refractivity contribution in [1.29, 1.82) is 5.26 Å². The van der Waals surface area contributed by atoms with E-state index < -0.39 is 0 Å². The first kappa shape index (κ1) is 14.7. The number of nitriles is 1. The molecular formula is C19H18N4O. The number of benzene rings is 1. The number of carbonyl (C=O) groups excluding carboxylic acids is 1. The van der Waals surface area contributed by atoms with Gasteiger partial charge in [0.05, 0.1) is 12.1 Å². The Kier molecular flexibility index (Phi) is 3.66. The van der Waals surface area contributed by atoms with Crippen molar-refractivity contribution >= 4 is 5.91 Å². The lowest BCUT2D eigenvalue weighted by Gasteiger charge is -2.21. The van der Waals surface area contributed by atoms with E-state index in [1.807, 2.05) is 41.3 Å². The van der Waals surface area contributed by atoms with E-state index in [-0.39, 0.29) is 18.0 Å². The molecule has 1 N–H and O–H groups in total. The standard InChI is InChI=1S/C19H18N4O/c20-12-23-16-7-8-18(23)17(10-16)22-19(24)14-5-3-13(4-6-14)15-2-1-9-21-11-15/h1-6,9,11,16-18H,7-8,10H2,(H,22,24)/t16-,17+,18+/m0/s1. The van der Waals surface area contributed by atoms with Gasteiger partial charge in [-0.3, -0.25) is 9.78 Å². The molecule has 3 atom stereocenters. The van der Waals surface area contributed by atoms with Crippen molar-refractivity contribution in [2.24, 2.45) is 0 Å². The number of carbonyl (C=O) groups is 1. The maximum atomic E-state index is 12.5. The Bertz CT molecular complexity index is 781. The summed E-state index contributed by atoms with van der Waals surface area (Å²) in [5, 5.41) is 12.3. The van der Waals surface area contributed by atoms with Crippen molar-refractivity contribution in [3.05, 3.63) is 54.4 Å². The highest BCUT2D eigenvalue weighted by Crippen LogP contribution is 2.37. The summed E-state index contributed by atoms with van der Waals surface area (Å²) in [6, 6.07) is 12.0. The molecule has 24 heavy (non-hydrogen) atoms. The number of rotatable bonds is 3. The summed E-state index contributed by atoms with van der Waals surface area (Å²) in [4.78, 5) is 18.5. The number of nitrogens with zero attached hydrogens (tertiary/aromatic N) is 3. The molecule has 2 aliphatic rings. The minimum Gasteiger partial charge on any atom is -0.347 e. The van der Waals surface area contributed by atoms with E-state index >= 15 is 0 Å². The third-order valence-electron chi connectivity index (χ3n) is 5.11. The topological polar surface area (TPSA) is 69.0 Å². The Morgan fingerprint density at radius 3 is 2.71 bits per heavy atom. The van der Waals surface area contributed by atoms with Crippen LogP contribution in [0.3, 0.4) is 0 Å². The molecule has 1 aromatic heterocycles. The minimum atomic E-state index is -0.0665. The van der Waals surface area contributed by atoms with Gasteiger partial charge in [-0.15, -0.1) is 0 Å². The van der Waals surface area contributed by atoms with Crippen LogP contribution in [-0.4, -0.2) is 33.9 Å². The van der Waals surface area contributed by atoms with Crippen molar-refractivity contribution in [3.8, 4) is 17.3 Å². The number of aromatic nitrogens is 1. The van der Waals surface area contributed by atoms with Gasteiger partial charge in [-0.1, -0.05) is 18.2 Å². The van der Waals surface area contributed by atoms with Gasteiger partial charge in [-0.2, -0.15) is 5.26 Å². The highest BCUT2D eigenvalue weighted by molar-refractivity contribution is 5.95. The van der Waals surface area contributed by atoms with Crippen molar-refractivity contribution in [1.82, 2.24) is 15.2 Å². The molecule has 3 heterocycles. The molecule has 120 valence electrons. The number of fused-ring (bicyclic) bond motifs is 2. The third-order valence-corrected chi connectivity index (χ3v) is 5.11. The maximum absolute atomic E-state index is 12.5. The van der Waals surface area contributed by atoms with Crippen LogP contribution in [0.2, 0.25) is 0 Å². The average molecular weight is 318 g/mol. The lowest BCUT2D eigenvalue weighted by molar-refractivity contribution is 0.0928. The molecule has 1 aromatic carbocycles. The Labute approximate surface area is 140 Å². The molecule has 2 saturated heterocycles. The van der Waals surface area contributed by atoms with Gasteiger partial charge in [-0.05, 0) is 48.6 Å². The van der Waals surface area contributed by atoms with Gasteiger partial charge in [0.25, 0.3) is 5.91 Å². The smallest absolute Gasteiger partial charge is 0.251 e. The monoisotopic (exact) mass is 318 g/mol. The largest absolute Gasteiger partial charge is 0.347 e. The molecule has 0 radical (unpaired) electrons. The molecule has 2 aliphatic heterocycles. The summed E-state index contributed by atoms with van der Waals surface area (Å²) in [6.07, 6.45) is 8.74. The molecule has 0 spiro atoms. The van der Waals surface area contributed by atoms with Gasteiger partial charge >= 0.3 is 0 Å². The number of pyridine rings is 1. The molecule has 0 saturated carbocycles. The predicted molar refractivity (Wildman–Crippen MR) is 89.8 cm³/mol. The Balaban J connectivity index is 1.45. The molecule has 2 fully saturated rings. The third kappa shape index (κ3) is 2.50. The second kappa shape index (κ2) is 5.97. The number of amides is 1. The van der Waals surface area contributed by atoms with Crippen LogP contribution in [0.1, 0.15) is 29.6 Å². The lowest BCUT2D eigenvalue weighted by Crippen LogP contribution is -2.43. The molecule has 2 bridgehead atoms. The molecular weight excluding hydrogens is 300 g/mol. The van der Waals surface area contributed by atoms with Crippen molar-refractivity contribution in [2.75, 3.05) is 0 Å². The molecule has 5 nitrogen and oxygen atoms in total. The van der Waals surface area contributed by atoms with Crippen LogP contribution in [0.15, 0.2) is 48.8 Å². The average Bonchev–Trinajstić information content (AvgIpc) is 3.19. The first-order valence-electron chi connectivity index (χ1n) is 8.25. The van der Waals surface area contributed by atoms with Crippen LogP contribution in [0.25, 0.3) is 11.1 Å². The van der Waals surface area contributed by atoms with E-state index in [4.69, 9.17) is 0 Å². The number of nitrogens with one attached hydrogen (secondary N) is 1. The quantitative estimate of drug-likeness (QED) is 0.883. The van der Waals surface area contributed by atoms with Crippen LogP contribution >= 0.6 is 0 Å². The summed E-state index contributed by atoms with van der Waals surface area (Å²) < 4.78 is 0. The second-order valence-corrected chi connectivity index (χ2v) is 6.44. The zero-order chi connectivity index (χ0) is 16.5. The molecule has 0 unspecified atom stereocenters. The lowest BCUT2D eigenvalue weighted by atomic mass is 9.95. The van der Waals surface area contributed by atoms with Crippen LogP contribution < -0.4 is 5.32 Å². The van der Waals surface area contributed by atoms with E-state index in [1.54, 1.807) is 12.4 Å². The highest BCUT2D eigenvalue weighted by atomic mass is 16.1. The van der Waals surface area contributed by atoms with Crippen molar-refractivity contribution < 1.29 is 4.79 Å². The summed E-state index contributed by atoms with van der Waals surface area (Å²) in [7, 11) is 0. The van der Waals surface area contributed by atoms with E-state index in [1.165, 1.54) is 0 Å². The summed E-state index contributed by atoms with van der Waals surface area (Å²) in [5.41, 5.74) is 2.71. The summed E-state index contributed by atoms with van der Waals surface area (Å²) in [6.45, 7) is 0. The fourth-order valence-corrected chi connectivity index (χ4v) is 3.90. The zero-order valence-electron chi connectivity index (χ0n) is 13.2. The first-order chi connectivity index (χ1) is 11.8. The van der Waals surface area contributed by atoms with Gasteiger partial charge in [0.15, 0.2) is 6.19 Å². The van der Waals surface area contributed by atoms with Crippen LogP contribution in [0.4, 0.5) is 0 Å².